The number of aryl methyl sites for hydroxylation is 1. The minimum atomic E-state index is -0.257. The number of nitrogens with zero attached hydrogens (tertiary/aromatic N) is 3. The number of hydrogen-bond acceptors (Lipinski definition) is 6. The highest BCUT2D eigenvalue weighted by atomic mass is 35.5. The second kappa shape index (κ2) is 11.5. The Kier molecular flexibility index (Phi) is 8.51. The molecular weight excluding hydrogens is 462 g/mol. The van der Waals surface area contributed by atoms with Crippen LogP contribution in [0.4, 0.5) is 11.4 Å². The lowest BCUT2D eigenvalue weighted by atomic mass is 10.2. The smallest absolute Gasteiger partial charge is 0.234 e. The molecule has 8 nitrogen and oxygen atoms in total. The number of carbonyl (C=O) groups excluding carboxylic acids is 2. The summed E-state index contributed by atoms with van der Waals surface area (Å²) in [5.74, 6) is 0.618. The Bertz CT molecular complexity index is 1160. The van der Waals surface area contributed by atoms with Crippen molar-refractivity contribution in [2.24, 2.45) is 0 Å². The van der Waals surface area contributed by atoms with Crippen LogP contribution < -0.4 is 15.4 Å². The lowest BCUT2D eigenvalue weighted by Gasteiger charge is -2.11. The first-order valence-corrected chi connectivity index (χ1v) is 11.4. The number of rotatable bonds is 10. The van der Waals surface area contributed by atoms with Gasteiger partial charge in [-0.05, 0) is 36.8 Å². The number of hydrogen-bond donors (Lipinski definition) is 2. The molecule has 0 saturated heterocycles. The molecule has 0 aliphatic rings. The second-order valence-corrected chi connectivity index (χ2v) is 8.40. The van der Waals surface area contributed by atoms with Crippen molar-refractivity contribution in [3.05, 3.63) is 71.5 Å². The van der Waals surface area contributed by atoms with Crippen molar-refractivity contribution in [1.29, 1.82) is 0 Å². The van der Waals surface area contributed by atoms with Crippen LogP contribution in [0, 0.1) is 6.92 Å². The fraction of sp³-hybridized carbons (Fsp3) is 0.217. The highest BCUT2D eigenvalue weighted by molar-refractivity contribution is 7.99. The first kappa shape index (κ1) is 24.3. The van der Waals surface area contributed by atoms with Gasteiger partial charge in [-0.15, -0.1) is 16.8 Å². The third kappa shape index (κ3) is 6.59. The van der Waals surface area contributed by atoms with E-state index in [-0.39, 0.29) is 24.0 Å². The average molecular weight is 486 g/mol. The molecule has 0 atom stereocenters. The topological polar surface area (TPSA) is 98.1 Å². The van der Waals surface area contributed by atoms with Gasteiger partial charge in [-0.3, -0.25) is 9.59 Å². The van der Waals surface area contributed by atoms with E-state index in [2.05, 4.69) is 27.4 Å². The Labute approximate surface area is 201 Å². The van der Waals surface area contributed by atoms with E-state index in [1.807, 2.05) is 31.2 Å². The average Bonchev–Trinajstić information content (AvgIpc) is 3.15. The molecular formula is C23H24ClN5O3S. The number of carbonyl (C=O) groups is 2. The Balaban J connectivity index is 1.65. The summed E-state index contributed by atoms with van der Waals surface area (Å²) >= 11 is 7.22. The van der Waals surface area contributed by atoms with Gasteiger partial charge in [0.1, 0.15) is 11.6 Å². The zero-order chi connectivity index (χ0) is 23.8. The van der Waals surface area contributed by atoms with Gasteiger partial charge in [0.2, 0.25) is 11.8 Å². The van der Waals surface area contributed by atoms with E-state index < -0.39 is 0 Å². The van der Waals surface area contributed by atoms with Crippen LogP contribution in [-0.4, -0.2) is 39.4 Å². The number of aromatic nitrogens is 3. The van der Waals surface area contributed by atoms with Gasteiger partial charge < -0.3 is 19.9 Å². The summed E-state index contributed by atoms with van der Waals surface area (Å²) in [6.07, 6.45) is 1.73. The van der Waals surface area contributed by atoms with Crippen LogP contribution in [0.15, 0.2) is 60.3 Å². The maximum Gasteiger partial charge on any atom is 0.234 e. The molecule has 0 unspecified atom stereocenters. The van der Waals surface area contributed by atoms with Crippen molar-refractivity contribution in [1.82, 2.24) is 14.8 Å². The molecule has 3 aromatic rings. The number of thioether (sulfide) groups is 1. The van der Waals surface area contributed by atoms with Crippen molar-refractivity contribution < 1.29 is 14.3 Å². The Morgan fingerprint density at radius 1 is 1.15 bits per heavy atom. The molecule has 2 N–H and O–H groups in total. The lowest BCUT2D eigenvalue weighted by molar-refractivity contribution is -0.116. The van der Waals surface area contributed by atoms with E-state index in [4.69, 9.17) is 16.3 Å². The van der Waals surface area contributed by atoms with Crippen LogP contribution in [0.3, 0.4) is 0 Å². The van der Waals surface area contributed by atoms with Crippen molar-refractivity contribution in [3.8, 4) is 5.75 Å². The summed E-state index contributed by atoms with van der Waals surface area (Å²) in [4.78, 5) is 25.0. The van der Waals surface area contributed by atoms with Gasteiger partial charge in [0.05, 0.1) is 25.0 Å². The number of halogens is 1. The van der Waals surface area contributed by atoms with Crippen LogP contribution >= 0.6 is 23.4 Å². The van der Waals surface area contributed by atoms with Crippen molar-refractivity contribution in [2.45, 2.75) is 25.0 Å². The number of ether oxygens (including phenoxy) is 1. The summed E-state index contributed by atoms with van der Waals surface area (Å²) in [7, 11) is 1.52. The molecule has 0 bridgehead atoms. The van der Waals surface area contributed by atoms with Crippen LogP contribution in [0.1, 0.15) is 11.4 Å². The molecule has 172 valence electrons. The van der Waals surface area contributed by atoms with Crippen molar-refractivity contribution >= 4 is 46.6 Å². The van der Waals surface area contributed by atoms with Gasteiger partial charge in [0.25, 0.3) is 0 Å². The third-order valence-electron chi connectivity index (χ3n) is 4.61. The van der Waals surface area contributed by atoms with Crippen LogP contribution in [-0.2, 0) is 22.6 Å². The molecule has 0 fully saturated rings. The van der Waals surface area contributed by atoms with E-state index >= 15 is 0 Å². The number of nitrogens with one attached hydrogen (secondary N) is 2. The fourth-order valence-corrected chi connectivity index (χ4v) is 3.95. The zero-order valence-corrected chi connectivity index (χ0v) is 19.9. The summed E-state index contributed by atoms with van der Waals surface area (Å²) in [6.45, 7) is 6.10. The van der Waals surface area contributed by atoms with E-state index in [0.29, 0.717) is 34.0 Å². The first-order valence-electron chi connectivity index (χ1n) is 10.1. The molecule has 0 aliphatic carbocycles. The number of methoxy groups -OCH3 is 1. The molecule has 10 heteroatoms. The summed E-state index contributed by atoms with van der Waals surface area (Å²) in [5.41, 5.74) is 2.20. The maximum atomic E-state index is 12.5. The van der Waals surface area contributed by atoms with Crippen molar-refractivity contribution in [3.63, 3.8) is 0 Å². The predicted octanol–water partition coefficient (Wildman–Crippen LogP) is 4.35. The predicted molar refractivity (Wildman–Crippen MR) is 131 cm³/mol. The number of allylic oxidation sites excluding steroid dienone is 1. The third-order valence-corrected chi connectivity index (χ3v) is 5.81. The van der Waals surface area contributed by atoms with Gasteiger partial charge in [-0.25, -0.2) is 0 Å². The van der Waals surface area contributed by atoms with E-state index in [1.165, 1.54) is 18.9 Å². The summed E-state index contributed by atoms with van der Waals surface area (Å²) < 4.78 is 7.02. The SMILES string of the molecule is C=CCn1c(CC(=O)Nc2ccccc2C)nnc1SCC(=O)Nc1cc(Cl)ccc1OC. The Hall–Kier alpha value is -3.30. The van der Waals surface area contributed by atoms with Gasteiger partial charge in [-0.2, -0.15) is 0 Å². The molecule has 3 rings (SSSR count). The summed E-state index contributed by atoms with van der Waals surface area (Å²) in [6, 6.07) is 12.5. The molecule has 0 spiro atoms. The largest absolute Gasteiger partial charge is 0.495 e. The number of anilines is 2. The van der Waals surface area contributed by atoms with E-state index in [9.17, 15) is 9.59 Å². The van der Waals surface area contributed by atoms with Gasteiger partial charge in [0.15, 0.2) is 5.16 Å². The molecule has 2 amide bonds. The molecule has 1 aromatic heterocycles. The summed E-state index contributed by atoms with van der Waals surface area (Å²) in [5, 5.41) is 15.0. The maximum absolute atomic E-state index is 12.5. The number of para-hydroxylation sites is 1. The Morgan fingerprint density at radius 2 is 1.91 bits per heavy atom. The lowest BCUT2D eigenvalue weighted by Crippen LogP contribution is -2.18. The minimum absolute atomic E-state index is 0.0433. The molecule has 0 aliphatic heterocycles. The van der Waals surface area contributed by atoms with E-state index in [0.717, 1.165) is 11.3 Å². The molecule has 1 heterocycles. The van der Waals surface area contributed by atoms with E-state index in [1.54, 1.807) is 28.8 Å². The minimum Gasteiger partial charge on any atom is -0.495 e. The van der Waals surface area contributed by atoms with Crippen LogP contribution in [0.5, 0.6) is 5.75 Å². The Morgan fingerprint density at radius 3 is 2.64 bits per heavy atom. The standard InChI is InChI=1S/C23H24ClN5O3S/c1-4-11-29-20(13-21(30)25-17-8-6-5-7-15(17)2)27-28-23(29)33-14-22(31)26-18-12-16(24)9-10-19(18)32-3/h4-10,12H,1,11,13-14H2,2-3H3,(H,25,30)(H,26,31). The van der Waals surface area contributed by atoms with Gasteiger partial charge >= 0.3 is 0 Å². The highest BCUT2D eigenvalue weighted by Gasteiger charge is 2.17. The molecule has 2 aromatic carbocycles. The van der Waals surface area contributed by atoms with Crippen molar-refractivity contribution in [2.75, 3.05) is 23.5 Å². The van der Waals surface area contributed by atoms with Crippen LogP contribution in [0.2, 0.25) is 5.02 Å². The van der Waals surface area contributed by atoms with Gasteiger partial charge in [-0.1, -0.05) is 47.6 Å². The molecule has 0 radical (unpaired) electrons. The highest BCUT2D eigenvalue weighted by Crippen LogP contribution is 2.28. The quantitative estimate of drug-likeness (QED) is 0.327. The second-order valence-electron chi connectivity index (χ2n) is 7.02. The number of benzene rings is 2. The zero-order valence-electron chi connectivity index (χ0n) is 18.3. The first-order chi connectivity index (χ1) is 15.9. The monoisotopic (exact) mass is 485 g/mol. The fourth-order valence-electron chi connectivity index (χ4n) is 3.01. The molecule has 0 saturated carbocycles. The number of amides is 2. The van der Waals surface area contributed by atoms with Gasteiger partial charge in [0, 0.05) is 17.3 Å². The normalized spacial score (nSPS) is 10.5. The molecule has 33 heavy (non-hydrogen) atoms. The van der Waals surface area contributed by atoms with Crippen LogP contribution in [0.25, 0.3) is 0 Å².